The Morgan fingerprint density at radius 2 is 1.85 bits per heavy atom. The van der Waals surface area contributed by atoms with Gasteiger partial charge in [0.15, 0.2) is 0 Å². The van der Waals surface area contributed by atoms with Gasteiger partial charge in [-0.3, -0.25) is 4.79 Å². The third kappa shape index (κ3) is 2.58. The number of carboxylic acids is 1. The number of rotatable bonds is 5. The molecule has 0 atom stereocenters. The van der Waals surface area contributed by atoms with Crippen LogP contribution in [-0.4, -0.2) is 37.4 Å². The summed E-state index contributed by atoms with van der Waals surface area (Å²) in [6, 6.07) is 6.57. The van der Waals surface area contributed by atoms with Crippen molar-refractivity contribution in [3.63, 3.8) is 0 Å². The number of nitrogens with zero attached hydrogens (tertiary/aromatic N) is 1. The van der Waals surface area contributed by atoms with Gasteiger partial charge in [0.2, 0.25) is 10.0 Å². The minimum absolute atomic E-state index is 0.0263. The van der Waals surface area contributed by atoms with E-state index < -0.39 is 21.4 Å². The molecule has 0 bridgehead atoms. The summed E-state index contributed by atoms with van der Waals surface area (Å²) < 4.78 is 26.0. The van der Waals surface area contributed by atoms with Gasteiger partial charge in [-0.25, -0.2) is 8.42 Å². The maximum atomic E-state index is 12.4. The molecule has 1 aliphatic rings. The number of hydrogen-bond acceptors (Lipinski definition) is 3. The summed E-state index contributed by atoms with van der Waals surface area (Å²) in [5.41, 5.74) is 0.0691. The normalized spacial score (nSPS) is 17.8. The van der Waals surface area contributed by atoms with Gasteiger partial charge < -0.3 is 5.11 Å². The zero-order valence-corrected chi connectivity index (χ0v) is 12.5. The van der Waals surface area contributed by atoms with Crippen LogP contribution >= 0.6 is 0 Å². The van der Waals surface area contributed by atoms with E-state index in [-0.39, 0.29) is 11.4 Å². The minimum Gasteiger partial charge on any atom is -0.481 e. The van der Waals surface area contributed by atoms with Crippen molar-refractivity contribution in [3.8, 4) is 0 Å². The molecule has 1 aromatic carbocycles. The lowest BCUT2D eigenvalue weighted by Gasteiger charge is -2.39. The lowest BCUT2D eigenvalue weighted by atomic mass is 9.69. The van der Waals surface area contributed by atoms with Gasteiger partial charge in [0.1, 0.15) is 0 Å². The van der Waals surface area contributed by atoms with E-state index in [1.54, 1.807) is 24.3 Å². The predicted octanol–water partition coefficient (Wildman–Crippen LogP) is 1.87. The molecular formula is C14H19NO4S. The maximum Gasteiger partial charge on any atom is 0.310 e. The van der Waals surface area contributed by atoms with Gasteiger partial charge in [-0.15, -0.1) is 0 Å². The summed E-state index contributed by atoms with van der Waals surface area (Å²) in [5.74, 6) is -0.908. The van der Waals surface area contributed by atoms with E-state index in [4.69, 9.17) is 0 Å². The molecule has 1 fully saturated rings. The van der Waals surface area contributed by atoms with Crippen molar-refractivity contribution in [3.05, 3.63) is 29.8 Å². The standard InChI is InChI=1S/C14H19NO4S/c1-11-4-6-12(7-5-11)20(18,19)15(2)10-14(13(16)17)8-3-9-14/h4-7H,3,8-10H2,1-2H3,(H,16,17). The van der Waals surface area contributed by atoms with Crippen LogP contribution in [0.15, 0.2) is 29.2 Å². The van der Waals surface area contributed by atoms with E-state index in [1.807, 2.05) is 6.92 Å². The van der Waals surface area contributed by atoms with Gasteiger partial charge >= 0.3 is 5.97 Å². The van der Waals surface area contributed by atoms with Crippen LogP contribution in [0.3, 0.4) is 0 Å². The fourth-order valence-corrected chi connectivity index (χ4v) is 3.70. The second kappa shape index (κ2) is 5.18. The molecule has 0 amide bonds. The molecule has 0 spiro atoms. The highest BCUT2D eigenvalue weighted by atomic mass is 32.2. The zero-order chi connectivity index (χ0) is 15.0. The van der Waals surface area contributed by atoms with Gasteiger partial charge in [-0.1, -0.05) is 24.1 Å². The second-order valence-electron chi connectivity index (χ2n) is 5.51. The number of aryl methyl sites for hydroxylation is 1. The highest BCUT2D eigenvalue weighted by molar-refractivity contribution is 7.89. The van der Waals surface area contributed by atoms with E-state index in [0.29, 0.717) is 12.8 Å². The minimum atomic E-state index is -3.63. The van der Waals surface area contributed by atoms with Crippen LogP contribution in [0.1, 0.15) is 24.8 Å². The summed E-state index contributed by atoms with van der Waals surface area (Å²) in [7, 11) is -2.19. The van der Waals surface area contributed by atoms with Crippen molar-refractivity contribution in [2.75, 3.05) is 13.6 Å². The fraction of sp³-hybridized carbons (Fsp3) is 0.500. The Balaban J connectivity index is 2.21. The first-order chi connectivity index (χ1) is 9.28. The van der Waals surface area contributed by atoms with Crippen LogP contribution in [0.4, 0.5) is 0 Å². The topological polar surface area (TPSA) is 74.7 Å². The van der Waals surface area contributed by atoms with Crippen LogP contribution in [0, 0.1) is 12.3 Å². The van der Waals surface area contributed by atoms with E-state index in [0.717, 1.165) is 16.3 Å². The van der Waals surface area contributed by atoms with E-state index in [1.165, 1.54) is 7.05 Å². The number of hydrogen-bond donors (Lipinski definition) is 1. The van der Waals surface area contributed by atoms with Crippen LogP contribution in [0.2, 0.25) is 0 Å². The summed E-state index contributed by atoms with van der Waals surface area (Å²) in [4.78, 5) is 11.5. The Morgan fingerprint density at radius 3 is 2.25 bits per heavy atom. The Bertz CT molecular complexity index is 603. The van der Waals surface area contributed by atoms with Gasteiger partial charge in [0, 0.05) is 13.6 Å². The van der Waals surface area contributed by atoms with Gasteiger partial charge in [0.25, 0.3) is 0 Å². The molecular weight excluding hydrogens is 278 g/mol. The molecule has 110 valence electrons. The first kappa shape index (κ1) is 15.0. The molecule has 0 radical (unpaired) electrons. The molecule has 2 rings (SSSR count). The first-order valence-electron chi connectivity index (χ1n) is 6.54. The average molecular weight is 297 g/mol. The Hall–Kier alpha value is -1.40. The Kier molecular flexibility index (Phi) is 3.88. The summed E-state index contributed by atoms with van der Waals surface area (Å²) >= 11 is 0. The number of carboxylic acid groups (broad SMARTS) is 1. The lowest BCUT2D eigenvalue weighted by Crippen LogP contribution is -2.48. The van der Waals surface area contributed by atoms with Crippen LogP contribution < -0.4 is 0 Å². The highest BCUT2D eigenvalue weighted by Gasteiger charge is 2.46. The van der Waals surface area contributed by atoms with Crippen LogP contribution in [-0.2, 0) is 14.8 Å². The molecule has 1 saturated carbocycles. The highest BCUT2D eigenvalue weighted by Crippen LogP contribution is 2.42. The smallest absolute Gasteiger partial charge is 0.310 e. The Labute approximate surface area is 119 Å². The third-order valence-corrected chi connectivity index (χ3v) is 5.84. The van der Waals surface area contributed by atoms with Gasteiger partial charge in [-0.05, 0) is 31.9 Å². The summed E-state index contributed by atoms with van der Waals surface area (Å²) in [6.07, 6.45) is 1.91. The van der Waals surface area contributed by atoms with Gasteiger partial charge in [0.05, 0.1) is 10.3 Å². The van der Waals surface area contributed by atoms with E-state index in [2.05, 4.69) is 0 Å². The molecule has 1 aliphatic carbocycles. The van der Waals surface area contributed by atoms with Crippen molar-refractivity contribution in [1.82, 2.24) is 4.31 Å². The van der Waals surface area contributed by atoms with Crippen molar-refractivity contribution in [2.24, 2.45) is 5.41 Å². The van der Waals surface area contributed by atoms with E-state index in [9.17, 15) is 18.3 Å². The average Bonchev–Trinajstić information content (AvgIpc) is 2.33. The molecule has 5 nitrogen and oxygen atoms in total. The van der Waals surface area contributed by atoms with Crippen LogP contribution in [0.5, 0.6) is 0 Å². The number of carbonyl (C=O) groups is 1. The third-order valence-electron chi connectivity index (χ3n) is 4.02. The van der Waals surface area contributed by atoms with Crippen molar-refractivity contribution < 1.29 is 18.3 Å². The molecule has 0 aromatic heterocycles. The van der Waals surface area contributed by atoms with Crippen LogP contribution in [0.25, 0.3) is 0 Å². The first-order valence-corrected chi connectivity index (χ1v) is 7.98. The van der Waals surface area contributed by atoms with Crippen molar-refractivity contribution in [1.29, 1.82) is 0 Å². The lowest BCUT2D eigenvalue weighted by molar-refractivity contribution is -0.155. The zero-order valence-electron chi connectivity index (χ0n) is 11.7. The second-order valence-corrected chi connectivity index (χ2v) is 7.56. The monoisotopic (exact) mass is 297 g/mol. The molecule has 1 N–H and O–H groups in total. The van der Waals surface area contributed by atoms with Crippen molar-refractivity contribution >= 4 is 16.0 Å². The largest absolute Gasteiger partial charge is 0.481 e. The number of sulfonamides is 1. The number of benzene rings is 1. The molecule has 6 heteroatoms. The molecule has 0 saturated heterocycles. The molecule has 0 heterocycles. The molecule has 1 aromatic rings. The quantitative estimate of drug-likeness (QED) is 0.900. The van der Waals surface area contributed by atoms with Gasteiger partial charge in [-0.2, -0.15) is 4.31 Å². The predicted molar refractivity (Wildman–Crippen MR) is 74.9 cm³/mol. The van der Waals surface area contributed by atoms with Crippen molar-refractivity contribution in [2.45, 2.75) is 31.1 Å². The molecule has 0 unspecified atom stereocenters. The fourth-order valence-electron chi connectivity index (χ4n) is 2.44. The Morgan fingerprint density at radius 1 is 1.30 bits per heavy atom. The maximum absolute atomic E-state index is 12.4. The SMILES string of the molecule is Cc1ccc(S(=O)(=O)N(C)CC2(C(=O)O)CCC2)cc1. The summed E-state index contributed by atoms with van der Waals surface area (Å²) in [6.45, 7) is 1.91. The molecule has 0 aliphatic heterocycles. The number of aliphatic carboxylic acids is 1. The molecule has 20 heavy (non-hydrogen) atoms. The van der Waals surface area contributed by atoms with E-state index >= 15 is 0 Å². The summed E-state index contributed by atoms with van der Waals surface area (Å²) in [5, 5.41) is 9.28.